The average molecular weight is 290 g/mol. The highest BCUT2D eigenvalue weighted by atomic mass is 35.5. The molecule has 1 amide bonds. The standard InChI is InChI=1S/C15H16ClN3O/c16-12-2-1-10(9-17)7-13(12)19-14(20)11-8-15(11)3-5-18-6-4-15/h1-2,7,11,18H,3-6,8H2,(H,19,20). The van der Waals surface area contributed by atoms with Crippen molar-refractivity contribution in [2.75, 3.05) is 18.4 Å². The van der Waals surface area contributed by atoms with Crippen LogP contribution in [-0.4, -0.2) is 19.0 Å². The van der Waals surface area contributed by atoms with E-state index in [2.05, 4.69) is 16.7 Å². The van der Waals surface area contributed by atoms with Crippen LogP contribution in [0, 0.1) is 22.7 Å². The lowest BCUT2D eigenvalue weighted by Gasteiger charge is -2.23. The van der Waals surface area contributed by atoms with E-state index in [9.17, 15) is 4.79 Å². The molecule has 1 aliphatic carbocycles. The van der Waals surface area contributed by atoms with E-state index in [4.69, 9.17) is 16.9 Å². The number of nitriles is 1. The smallest absolute Gasteiger partial charge is 0.228 e. The molecule has 1 aromatic rings. The van der Waals surface area contributed by atoms with Gasteiger partial charge in [0.15, 0.2) is 0 Å². The number of halogens is 1. The Bertz CT molecular complexity index is 587. The van der Waals surface area contributed by atoms with Crippen molar-refractivity contribution in [3.8, 4) is 6.07 Å². The average Bonchev–Trinajstić information content (AvgIpc) is 3.15. The third kappa shape index (κ3) is 2.39. The minimum Gasteiger partial charge on any atom is -0.324 e. The van der Waals surface area contributed by atoms with Gasteiger partial charge in [-0.1, -0.05) is 11.6 Å². The number of anilines is 1. The summed E-state index contributed by atoms with van der Waals surface area (Å²) < 4.78 is 0. The molecule has 0 radical (unpaired) electrons. The molecule has 1 atom stereocenters. The Balaban J connectivity index is 1.70. The number of rotatable bonds is 2. The van der Waals surface area contributed by atoms with E-state index in [0.29, 0.717) is 16.3 Å². The SMILES string of the molecule is N#Cc1ccc(Cl)c(NC(=O)C2CC23CCNCC3)c1. The molecule has 1 unspecified atom stereocenters. The van der Waals surface area contributed by atoms with Crippen molar-refractivity contribution in [3.63, 3.8) is 0 Å². The van der Waals surface area contributed by atoms with Gasteiger partial charge >= 0.3 is 0 Å². The summed E-state index contributed by atoms with van der Waals surface area (Å²) in [6.07, 6.45) is 3.10. The van der Waals surface area contributed by atoms with Gasteiger partial charge in [0.2, 0.25) is 5.91 Å². The van der Waals surface area contributed by atoms with Crippen LogP contribution in [0.5, 0.6) is 0 Å². The maximum absolute atomic E-state index is 12.3. The van der Waals surface area contributed by atoms with Crippen LogP contribution in [0.25, 0.3) is 0 Å². The summed E-state index contributed by atoms with van der Waals surface area (Å²) in [6.45, 7) is 1.99. The number of nitrogens with one attached hydrogen (secondary N) is 2. The highest BCUT2D eigenvalue weighted by molar-refractivity contribution is 6.33. The highest BCUT2D eigenvalue weighted by Gasteiger charge is 2.57. The van der Waals surface area contributed by atoms with Crippen LogP contribution in [0.4, 0.5) is 5.69 Å². The first-order chi connectivity index (χ1) is 9.64. The Morgan fingerprint density at radius 3 is 2.90 bits per heavy atom. The molecule has 0 bridgehead atoms. The predicted molar refractivity (Wildman–Crippen MR) is 77.4 cm³/mol. The first-order valence-electron chi connectivity index (χ1n) is 6.86. The Kier molecular flexibility index (Phi) is 3.41. The second-order valence-corrected chi connectivity index (χ2v) is 6.07. The molecule has 104 valence electrons. The van der Waals surface area contributed by atoms with E-state index in [-0.39, 0.29) is 17.2 Å². The van der Waals surface area contributed by atoms with Crippen LogP contribution in [-0.2, 0) is 4.79 Å². The predicted octanol–water partition coefficient (Wildman–Crippen LogP) is 2.54. The van der Waals surface area contributed by atoms with Crippen LogP contribution in [0.15, 0.2) is 18.2 Å². The molecule has 1 saturated heterocycles. The summed E-state index contributed by atoms with van der Waals surface area (Å²) >= 11 is 6.07. The Labute approximate surface area is 123 Å². The molecule has 1 aliphatic heterocycles. The van der Waals surface area contributed by atoms with Gasteiger partial charge in [-0.15, -0.1) is 0 Å². The van der Waals surface area contributed by atoms with Gasteiger partial charge in [0.25, 0.3) is 0 Å². The summed E-state index contributed by atoms with van der Waals surface area (Å²) in [5.41, 5.74) is 1.23. The molecule has 5 heteroatoms. The van der Waals surface area contributed by atoms with E-state index in [1.807, 2.05) is 0 Å². The lowest BCUT2D eigenvalue weighted by Crippen LogP contribution is -2.31. The molecule has 2 N–H and O–H groups in total. The number of hydrogen-bond donors (Lipinski definition) is 2. The van der Waals surface area contributed by atoms with Gasteiger partial charge in [-0.25, -0.2) is 0 Å². The maximum Gasteiger partial charge on any atom is 0.228 e. The van der Waals surface area contributed by atoms with Gasteiger partial charge in [0.1, 0.15) is 0 Å². The molecule has 1 saturated carbocycles. The van der Waals surface area contributed by atoms with E-state index >= 15 is 0 Å². The van der Waals surface area contributed by atoms with Crippen molar-refractivity contribution < 1.29 is 4.79 Å². The molecule has 2 aliphatic rings. The summed E-state index contributed by atoms with van der Waals surface area (Å²) in [5.74, 6) is 0.121. The van der Waals surface area contributed by atoms with E-state index in [0.717, 1.165) is 32.4 Å². The molecule has 4 nitrogen and oxygen atoms in total. The summed E-state index contributed by atoms with van der Waals surface area (Å²) in [6, 6.07) is 6.96. The third-order valence-corrected chi connectivity index (χ3v) is 4.79. The highest BCUT2D eigenvalue weighted by Crippen LogP contribution is 2.58. The summed E-state index contributed by atoms with van der Waals surface area (Å²) in [4.78, 5) is 12.3. The third-order valence-electron chi connectivity index (χ3n) is 4.46. The number of carbonyl (C=O) groups is 1. The lowest BCUT2D eigenvalue weighted by molar-refractivity contribution is -0.118. The van der Waals surface area contributed by atoms with Gasteiger partial charge in [-0.3, -0.25) is 4.79 Å². The molecule has 2 fully saturated rings. The van der Waals surface area contributed by atoms with Crippen molar-refractivity contribution >= 4 is 23.2 Å². The maximum atomic E-state index is 12.3. The zero-order valence-electron chi connectivity index (χ0n) is 11.1. The van der Waals surface area contributed by atoms with E-state index < -0.39 is 0 Å². The fraction of sp³-hybridized carbons (Fsp3) is 0.467. The number of hydrogen-bond acceptors (Lipinski definition) is 3. The first-order valence-corrected chi connectivity index (χ1v) is 7.24. The van der Waals surface area contributed by atoms with Gasteiger partial charge in [-0.05, 0) is 56.0 Å². The second-order valence-electron chi connectivity index (χ2n) is 5.66. The Hall–Kier alpha value is -1.57. The largest absolute Gasteiger partial charge is 0.324 e. The monoisotopic (exact) mass is 289 g/mol. The van der Waals surface area contributed by atoms with Crippen LogP contribution in [0.2, 0.25) is 5.02 Å². The Morgan fingerprint density at radius 2 is 2.20 bits per heavy atom. The molecule has 1 heterocycles. The zero-order chi connectivity index (χ0) is 14.2. The van der Waals surface area contributed by atoms with E-state index in [1.54, 1.807) is 18.2 Å². The summed E-state index contributed by atoms with van der Waals surface area (Å²) in [5, 5.41) is 15.6. The second kappa shape index (κ2) is 5.08. The zero-order valence-corrected chi connectivity index (χ0v) is 11.8. The van der Waals surface area contributed by atoms with Crippen molar-refractivity contribution in [2.24, 2.45) is 11.3 Å². The molecular formula is C15H16ClN3O. The molecule has 3 rings (SSSR count). The van der Waals surface area contributed by atoms with Gasteiger partial charge < -0.3 is 10.6 Å². The summed E-state index contributed by atoms with van der Waals surface area (Å²) in [7, 11) is 0. The van der Waals surface area contributed by atoms with Crippen molar-refractivity contribution in [3.05, 3.63) is 28.8 Å². The number of benzene rings is 1. The van der Waals surface area contributed by atoms with Gasteiger partial charge in [0.05, 0.1) is 22.3 Å². The molecular weight excluding hydrogens is 274 g/mol. The first kappa shape index (κ1) is 13.4. The van der Waals surface area contributed by atoms with E-state index in [1.165, 1.54) is 0 Å². The van der Waals surface area contributed by atoms with Crippen LogP contribution < -0.4 is 10.6 Å². The van der Waals surface area contributed by atoms with Crippen LogP contribution >= 0.6 is 11.6 Å². The molecule has 0 aromatic heterocycles. The minimum atomic E-state index is 0.0314. The number of amides is 1. The fourth-order valence-corrected chi connectivity index (χ4v) is 3.27. The molecule has 20 heavy (non-hydrogen) atoms. The topological polar surface area (TPSA) is 64.9 Å². The number of nitrogens with zero attached hydrogens (tertiary/aromatic N) is 1. The molecule has 1 spiro atoms. The van der Waals surface area contributed by atoms with Crippen molar-refractivity contribution in [2.45, 2.75) is 19.3 Å². The minimum absolute atomic E-state index is 0.0314. The quantitative estimate of drug-likeness (QED) is 0.879. The molecule has 1 aromatic carbocycles. The lowest BCUT2D eigenvalue weighted by atomic mass is 9.92. The van der Waals surface area contributed by atoms with Gasteiger partial charge in [0, 0.05) is 5.92 Å². The van der Waals surface area contributed by atoms with Gasteiger partial charge in [-0.2, -0.15) is 5.26 Å². The Morgan fingerprint density at radius 1 is 1.45 bits per heavy atom. The normalized spacial score (nSPS) is 23.1. The number of piperidine rings is 1. The number of carbonyl (C=O) groups excluding carboxylic acids is 1. The fourth-order valence-electron chi connectivity index (χ4n) is 3.11. The van der Waals surface area contributed by atoms with Crippen LogP contribution in [0.1, 0.15) is 24.8 Å². The van der Waals surface area contributed by atoms with Crippen molar-refractivity contribution in [1.29, 1.82) is 5.26 Å². The van der Waals surface area contributed by atoms with Crippen LogP contribution in [0.3, 0.4) is 0 Å². The van der Waals surface area contributed by atoms with Crippen molar-refractivity contribution in [1.82, 2.24) is 5.32 Å².